The minimum Gasteiger partial charge on any atom is -0.490 e. The zero-order valence-electron chi connectivity index (χ0n) is 17.4. The number of rotatable bonds is 7. The molecule has 1 aliphatic heterocycles. The molecule has 32 heavy (non-hydrogen) atoms. The Morgan fingerprint density at radius 2 is 1.62 bits per heavy atom. The van der Waals surface area contributed by atoms with E-state index in [-0.39, 0.29) is 6.10 Å². The van der Waals surface area contributed by atoms with Crippen LogP contribution in [0.1, 0.15) is 18.4 Å². The molecule has 8 heteroatoms. The lowest BCUT2D eigenvalue weighted by molar-refractivity contribution is 0.171. The van der Waals surface area contributed by atoms with Crippen LogP contribution in [0.4, 0.5) is 11.4 Å². The third kappa shape index (κ3) is 6.24. The Kier molecular flexibility index (Phi) is 6.97. The number of pyridine rings is 1. The first-order valence-corrected chi connectivity index (χ1v) is 12.3. The van der Waals surface area contributed by atoms with Crippen molar-refractivity contribution in [3.63, 3.8) is 0 Å². The summed E-state index contributed by atoms with van der Waals surface area (Å²) in [5.41, 5.74) is 2.41. The number of piperidine rings is 1. The number of nitrogens with one attached hydrogen (secondary N) is 1. The van der Waals surface area contributed by atoms with Crippen molar-refractivity contribution in [1.29, 1.82) is 0 Å². The molecular formula is C24H24ClN3O3S. The van der Waals surface area contributed by atoms with Crippen molar-refractivity contribution >= 4 is 39.1 Å². The first kappa shape index (κ1) is 22.2. The first-order valence-electron chi connectivity index (χ1n) is 10.3. The summed E-state index contributed by atoms with van der Waals surface area (Å²) in [5, 5.41) is 1.74. The second kappa shape index (κ2) is 10.1. The molecule has 2 aromatic carbocycles. The van der Waals surface area contributed by atoms with Gasteiger partial charge in [-0.05, 0) is 60.2 Å². The van der Waals surface area contributed by atoms with E-state index >= 15 is 0 Å². The van der Waals surface area contributed by atoms with E-state index in [9.17, 15) is 8.42 Å². The van der Waals surface area contributed by atoms with Gasteiger partial charge in [-0.3, -0.25) is 9.71 Å². The molecule has 6 nitrogen and oxygen atoms in total. The Balaban J connectivity index is 1.29. The van der Waals surface area contributed by atoms with Crippen LogP contribution in [0.25, 0.3) is 6.08 Å². The van der Waals surface area contributed by atoms with Crippen molar-refractivity contribution in [3.05, 3.63) is 89.1 Å². The quantitative estimate of drug-likeness (QED) is 0.515. The predicted octanol–water partition coefficient (Wildman–Crippen LogP) is 5.20. The van der Waals surface area contributed by atoms with E-state index in [4.69, 9.17) is 16.3 Å². The maximum absolute atomic E-state index is 12.3. The molecule has 0 amide bonds. The van der Waals surface area contributed by atoms with Gasteiger partial charge in [0, 0.05) is 54.7 Å². The number of nitrogens with zero attached hydrogens (tertiary/aromatic N) is 2. The molecule has 3 aromatic rings. The molecule has 166 valence electrons. The number of benzene rings is 2. The molecule has 0 radical (unpaired) electrons. The molecule has 1 aliphatic rings. The highest BCUT2D eigenvalue weighted by atomic mass is 35.5. The summed E-state index contributed by atoms with van der Waals surface area (Å²) in [6.07, 6.45) is 7.12. The number of hydrogen-bond acceptors (Lipinski definition) is 5. The number of halogens is 1. The average Bonchev–Trinajstić information content (AvgIpc) is 2.81. The topological polar surface area (TPSA) is 71.5 Å². The molecule has 0 unspecified atom stereocenters. The highest BCUT2D eigenvalue weighted by Crippen LogP contribution is 2.24. The van der Waals surface area contributed by atoms with Gasteiger partial charge in [0.1, 0.15) is 11.9 Å². The number of ether oxygens (including phenoxy) is 1. The molecule has 0 spiro atoms. The lowest BCUT2D eigenvalue weighted by Gasteiger charge is -2.33. The lowest BCUT2D eigenvalue weighted by Crippen LogP contribution is -2.38. The molecule has 4 rings (SSSR count). The maximum Gasteiger partial charge on any atom is 0.255 e. The van der Waals surface area contributed by atoms with E-state index < -0.39 is 10.0 Å². The van der Waals surface area contributed by atoms with E-state index in [1.54, 1.807) is 60.9 Å². The van der Waals surface area contributed by atoms with Crippen LogP contribution in [0.3, 0.4) is 0 Å². The zero-order chi connectivity index (χ0) is 22.4. The predicted molar refractivity (Wildman–Crippen MR) is 130 cm³/mol. The summed E-state index contributed by atoms with van der Waals surface area (Å²) >= 11 is 5.85. The second-order valence-corrected chi connectivity index (χ2v) is 9.54. The fourth-order valence-corrected chi connectivity index (χ4v) is 4.52. The summed E-state index contributed by atoms with van der Waals surface area (Å²) in [7, 11) is -3.63. The third-order valence-electron chi connectivity index (χ3n) is 5.20. The maximum atomic E-state index is 12.3. The van der Waals surface area contributed by atoms with Crippen molar-refractivity contribution < 1.29 is 13.2 Å². The molecule has 0 aliphatic carbocycles. The molecule has 2 heterocycles. The van der Waals surface area contributed by atoms with E-state index in [0.29, 0.717) is 10.7 Å². The van der Waals surface area contributed by atoms with Gasteiger partial charge in [0.25, 0.3) is 10.0 Å². The largest absolute Gasteiger partial charge is 0.490 e. The van der Waals surface area contributed by atoms with Crippen LogP contribution in [0.15, 0.2) is 78.5 Å². The molecule has 1 aromatic heterocycles. The Labute approximate surface area is 193 Å². The fourth-order valence-electron chi connectivity index (χ4n) is 3.52. The van der Waals surface area contributed by atoms with Crippen LogP contribution in [0.5, 0.6) is 5.75 Å². The van der Waals surface area contributed by atoms with Gasteiger partial charge in [-0.25, -0.2) is 8.42 Å². The normalized spacial score (nSPS) is 15.1. The van der Waals surface area contributed by atoms with Gasteiger partial charge in [0.2, 0.25) is 0 Å². The number of hydrogen-bond donors (Lipinski definition) is 1. The fraction of sp³-hybridized carbons (Fsp3) is 0.208. The Morgan fingerprint density at radius 3 is 2.28 bits per heavy atom. The van der Waals surface area contributed by atoms with Gasteiger partial charge in [0.15, 0.2) is 0 Å². The van der Waals surface area contributed by atoms with Gasteiger partial charge in [-0.1, -0.05) is 23.7 Å². The average molecular weight is 470 g/mol. The monoisotopic (exact) mass is 469 g/mol. The number of anilines is 2. The van der Waals surface area contributed by atoms with E-state index in [0.717, 1.165) is 42.7 Å². The van der Waals surface area contributed by atoms with Crippen LogP contribution < -0.4 is 14.4 Å². The van der Waals surface area contributed by atoms with Crippen LogP contribution in [0.2, 0.25) is 5.02 Å². The first-order chi connectivity index (χ1) is 15.5. The summed E-state index contributed by atoms with van der Waals surface area (Å²) < 4.78 is 33.3. The molecule has 1 N–H and O–H groups in total. The summed E-state index contributed by atoms with van der Waals surface area (Å²) in [5.74, 6) is 0.729. The molecule has 1 saturated heterocycles. The van der Waals surface area contributed by atoms with Crippen molar-refractivity contribution in [2.45, 2.75) is 18.9 Å². The van der Waals surface area contributed by atoms with E-state index in [1.807, 2.05) is 12.1 Å². The second-order valence-electron chi connectivity index (χ2n) is 7.54. The van der Waals surface area contributed by atoms with Crippen LogP contribution in [-0.4, -0.2) is 32.6 Å². The summed E-state index contributed by atoms with van der Waals surface area (Å²) in [4.78, 5) is 6.40. The third-order valence-corrected chi connectivity index (χ3v) is 6.46. The van der Waals surface area contributed by atoms with Crippen LogP contribution in [-0.2, 0) is 10.0 Å². The van der Waals surface area contributed by atoms with Crippen LogP contribution in [0, 0.1) is 0 Å². The van der Waals surface area contributed by atoms with E-state index in [1.165, 1.54) is 11.8 Å². The number of aromatic nitrogens is 1. The molecular weight excluding hydrogens is 446 g/mol. The van der Waals surface area contributed by atoms with Crippen LogP contribution >= 0.6 is 11.6 Å². The Hall–Kier alpha value is -3.03. The van der Waals surface area contributed by atoms with Crippen molar-refractivity contribution in [2.75, 3.05) is 22.7 Å². The lowest BCUT2D eigenvalue weighted by atomic mass is 10.1. The molecule has 1 fully saturated rings. The Bertz CT molecular complexity index is 1140. The standard InChI is InChI=1S/C24H24ClN3O3S/c25-20-3-1-19(2-4-20)13-18-32(29,30)27-21-5-7-23(8-6-21)31-24-11-16-28(17-12-24)22-9-14-26-15-10-22/h1-10,13-15,18,24,27H,11-12,16-17H2/b18-13+. The van der Waals surface area contributed by atoms with Gasteiger partial charge in [-0.2, -0.15) is 0 Å². The molecule has 0 saturated carbocycles. The minimum absolute atomic E-state index is 0.137. The van der Waals surface area contributed by atoms with Gasteiger partial charge in [-0.15, -0.1) is 0 Å². The highest BCUT2D eigenvalue weighted by Gasteiger charge is 2.20. The van der Waals surface area contributed by atoms with Crippen molar-refractivity contribution in [1.82, 2.24) is 4.98 Å². The SMILES string of the molecule is O=S(=O)(/C=C/c1ccc(Cl)cc1)Nc1ccc(OC2CCN(c3ccncc3)CC2)cc1. The molecule has 0 bridgehead atoms. The highest BCUT2D eigenvalue weighted by molar-refractivity contribution is 7.95. The number of sulfonamides is 1. The van der Waals surface area contributed by atoms with Crippen molar-refractivity contribution in [3.8, 4) is 5.75 Å². The molecule has 0 atom stereocenters. The summed E-state index contributed by atoms with van der Waals surface area (Å²) in [6.45, 7) is 1.85. The van der Waals surface area contributed by atoms with Crippen molar-refractivity contribution in [2.24, 2.45) is 0 Å². The zero-order valence-corrected chi connectivity index (χ0v) is 19.0. The van der Waals surface area contributed by atoms with Gasteiger partial charge < -0.3 is 9.64 Å². The Morgan fingerprint density at radius 1 is 0.969 bits per heavy atom. The smallest absolute Gasteiger partial charge is 0.255 e. The minimum atomic E-state index is -3.63. The van der Waals surface area contributed by atoms with E-state index in [2.05, 4.69) is 14.6 Å². The van der Waals surface area contributed by atoms with Gasteiger partial charge in [0.05, 0.1) is 5.41 Å². The summed E-state index contributed by atoms with van der Waals surface area (Å²) in [6, 6.07) is 17.9. The van der Waals surface area contributed by atoms with Gasteiger partial charge >= 0.3 is 0 Å².